The summed E-state index contributed by atoms with van der Waals surface area (Å²) in [5.41, 5.74) is 2.29. The van der Waals surface area contributed by atoms with Gasteiger partial charge in [0.15, 0.2) is 0 Å². The van der Waals surface area contributed by atoms with Gasteiger partial charge in [-0.25, -0.2) is 13.4 Å². The van der Waals surface area contributed by atoms with Crippen LogP contribution in [0, 0.1) is 0 Å². The molecule has 1 amide bonds. The molecule has 2 N–H and O–H groups in total. The molecule has 1 atom stereocenters. The van der Waals surface area contributed by atoms with Gasteiger partial charge in [-0.1, -0.05) is 37.3 Å². The lowest BCUT2D eigenvalue weighted by molar-refractivity contribution is 0.0933. The maximum absolute atomic E-state index is 12.8. The Labute approximate surface area is 183 Å². The number of imidazole rings is 1. The number of aromatic nitrogens is 2. The van der Waals surface area contributed by atoms with Gasteiger partial charge in [0.25, 0.3) is 5.91 Å². The zero-order valence-corrected chi connectivity index (χ0v) is 19.0. The summed E-state index contributed by atoms with van der Waals surface area (Å²) in [6.07, 6.45) is 2.41. The van der Waals surface area contributed by atoms with Gasteiger partial charge in [-0.15, -0.1) is 0 Å². The predicted octanol–water partition coefficient (Wildman–Crippen LogP) is 3.99. The van der Waals surface area contributed by atoms with Gasteiger partial charge in [-0.2, -0.15) is 4.31 Å². The number of nitrogens with zero attached hydrogens (tertiary/aromatic N) is 2. The lowest BCUT2D eigenvalue weighted by atomic mass is 10.1. The van der Waals surface area contributed by atoms with Gasteiger partial charge in [-0.3, -0.25) is 4.79 Å². The van der Waals surface area contributed by atoms with Crippen LogP contribution in [0.1, 0.15) is 49.4 Å². The molecule has 164 valence electrons. The lowest BCUT2D eigenvalue weighted by Gasteiger charge is -2.21. The summed E-state index contributed by atoms with van der Waals surface area (Å²) >= 11 is 0. The number of rotatable bonds is 8. The van der Waals surface area contributed by atoms with Gasteiger partial charge in [0.05, 0.1) is 22.8 Å². The van der Waals surface area contributed by atoms with E-state index in [4.69, 9.17) is 0 Å². The van der Waals surface area contributed by atoms with Gasteiger partial charge in [-0.05, 0) is 50.1 Å². The van der Waals surface area contributed by atoms with Crippen molar-refractivity contribution >= 4 is 15.9 Å². The zero-order valence-electron chi connectivity index (χ0n) is 18.2. The molecule has 0 aliphatic heterocycles. The number of sulfonamides is 1. The Hall–Kier alpha value is -2.97. The highest BCUT2D eigenvalue weighted by molar-refractivity contribution is 7.89. The average molecular weight is 441 g/mol. The highest BCUT2D eigenvalue weighted by Crippen LogP contribution is 2.21. The average Bonchev–Trinajstić information content (AvgIpc) is 3.27. The predicted molar refractivity (Wildman–Crippen MR) is 121 cm³/mol. The number of aromatic amines is 1. The van der Waals surface area contributed by atoms with Crippen LogP contribution < -0.4 is 5.32 Å². The Morgan fingerprint density at radius 1 is 1.10 bits per heavy atom. The first-order valence-electron chi connectivity index (χ1n) is 10.2. The molecule has 0 saturated carbocycles. The molecule has 0 saturated heterocycles. The fourth-order valence-electron chi connectivity index (χ4n) is 3.11. The first kappa shape index (κ1) is 22.7. The number of nitrogens with one attached hydrogen (secondary N) is 2. The first-order valence-corrected chi connectivity index (χ1v) is 11.7. The van der Waals surface area contributed by atoms with E-state index in [2.05, 4.69) is 15.3 Å². The normalized spacial score (nSPS) is 12.8. The molecule has 0 aliphatic carbocycles. The van der Waals surface area contributed by atoms with E-state index in [0.29, 0.717) is 17.8 Å². The molecule has 7 nitrogen and oxygen atoms in total. The van der Waals surface area contributed by atoms with Crippen molar-refractivity contribution in [3.63, 3.8) is 0 Å². The number of benzene rings is 2. The van der Waals surface area contributed by atoms with Crippen LogP contribution in [0.3, 0.4) is 0 Å². The van der Waals surface area contributed by atoms with Crippen LogP contribution in [0.5, 0.6) is 0 Å². The Bertz CT molecular complexity index is 1120. The van der Waals surface area contributed by atoms with Crippen molar-refractivity contribution in [2.75, 3.05) is 7.05 Å². The Morgan fingerprint density at radius 3 is 2.32 bits per heavy atom. The molecule has 3 rings (SSSR count). The molecule has 1 aromatic heterocycles. The largest absolute Gasteiger partial charge is 0.342 e. The second kappa shape index (κ2) is 9.45. The van der Waals surface area contributed by atoms with Crippen molar-refractivity contribution in [3.05, 3.63) is 72.2 Å². The number of amides is 1. The molecule has 0 fully saturated rings. The highest BCUT2D eigenvalue weighted by Gasteiger charge is 2.23. The number of hydrogen-bond donors (Lipinski definition) is 2. The second-order valence-corrected chi connectivity index (χ2v) is 9.62. The van der Waals surface area contributed by atoms with Gasteiger partial charge >= 0.3 is 0 Å². The van der Waals surface area contributed by atoms with Gasteiger partial charge in [0.2, 0.25) is 10.0 Å². The molecule has 0 radical (unpaired) electrons. The van der Waals surface area contributed by atoms with Gasteiger partial charge in [0.1, 0.15) is 5.82 Å². The van der Waals surface area contributed by atoms with Crippen LogP contribution in [0.4, 0.5) is 0 Å². The van der Waals surface area contributed by atoms with Crippen LogP contribution in [0.25, 0.3) is 11.3 Å². The van der Waals surface area contributed by atoms with Gasteiger partial charge < -0.3 is 10.3 Å². The summed E-state index contributed by atoms with van der Waals surface area (Å²) in [4.78, 5) is 20.6. The smallest absolute Gasteiger partial charge is 0.251 e. The maximum atomic E-state index is 12.8. The van der Waals surface area contributed by atoms with Crippen molar-refractivity contribution in [1.82, 2.24) is 19.6 Å². The first-order chi connectivity index (χ1) is 14.7. The number of hydrogen-bond acceptors (Lipinski definition) is 4. The summed E-state index contributed by atoms with van der Waals surface area (Å²) in [5, 5.41) is 2.97. The molecule has 31 heavy (non-hydrogen) atoms. The standard InChI is InChI=1S/C23H28N4O3S/c1-5-20(22-24-15-21(25-22)17-9-7-6-8-10-17)26-23(28)18-11-13-19(14-12-18)31(29,30)27(4)16(2)3/h6-16,20H,5H2,1-4H3,(H,24,25)(H,26,28). The zero-order chi connectivity index (χ0) is 22.6. The minimum Gasteiger partial charge on any atom is -0.342 e. The SMILES string of the molecule is CCC(NC(=O)c1ccc(S(=O)(=O)N(C)C(C)C)cc1)c1ncc(-c2ccccc2)[nH]1. The molecule has 8 heteroatoms. The highest BCUT2D eigenvalue weighted by atomic mass is 32.2. The van der Waals surface area contributed by atoms with Crippen molar-refractivity contribution < 1.29 is 13.2 Å². The molecule has 2 aromatic carbocycles. The Kier molecular flexibility index (Phi) is 6.92. The molecule has 0 spiro atoms. The van der Waals surface area contributed by atoms with Crippen molar-refractivity contribution in [3.8, 4) is 11.3 Å². The Balaban J connectivity index is 1.74. The van der Waals surface area contributed by atoms with Crippen molar-refractivity contribution in [1.29, 1.82) is 0 Å². The van der Waals surface area contributed by atoms with E-state index in [1.54, 1.807) is 13.2 Å². The fraction of sp³-hybridized carbons (Fsp3) is 0.304. The van der Waals surface area contributed by atoms with E-state index in [1.807, 2.05) is 51.1 Å². The minimum absolute atomic E-state index is 0.158. The fourth-order valence-corrected chi connectivity index (χ4v) is 4.47. The van der Waals surface area contributed by atoms with E-state index >= 15 is 0 Å². The summed E-state index contributed by atoms with van der Waals surface area (Å²) < 4.78 is 26.5. The second-order valence-electron chi connectivity index (χ2n) is 7.62. The Morgan fingerprint density at radius 2 is 1.74 bits per heavy atom. The van der Waals surface area contributed by atoms with E-state index in [9.17, 15) is 13.2 Å². The number of H-pyrrole nitrogens is 1. The molecule has 3 aromatic rings. The molecule has 1 unspecified atom stereocenters. The molecule has 0 bridgehead atoms. The molecular weight excluding hydrogens is 412 g/mol. The lowest BCUT2D eigenvalue weighted by Crippen LogP contribution is -2.33. The van der Waals surface area contributed by atoms with Crippen LogP contribution in [0.15, 0.2) is 65.7 Å². The van der Waals surface area contributed by atoms with Crippen molar-refractivity contribution in [2.24, 2.45) is 0 Å². The summed E-state index contributed by atoms with van der Waals surface area (Å²) in [5.74, 6) is 0.387. The van der Waals surface area contributed by atoms with Gasteiger partial charge in [0, 0.05) is 18.7 Å². The van der Waals surface area contributed by atoms with E-state index in [-0.39, 0.29) is 22.9 Å². The van der Waals surface area contributed by atoms with E-state index in [0.717, 1.165) is 11.3 Å². The van der Waals surface area contributed by atoms with Crippen molar-refractivity contribution in [2.45, 2.75) is 44.2 Å². The third kappa shape index (κ3) is 5.03. The third-order valence-corrected chi connectivity index (χ3v) is 7.29. The number of carbonyl (C=O) groups excluding carboxylic acids is 1. The van der Waals surface area contributed by atoms with Crippen LogP contribution >= 0.6 is 0 Å². The van der Waals surface area contributed by atoms with E-state index in [1.165, 1.54) is 28.6 Å². The van der Waals surface area contributed by atoms with Crippen LogP contribution in [0.2, 0.25) is 0 Å². The molecular formula is C23H28N4O3S. The van der Waals surface area contributed by atoms with E-state index < -0.39 is 10.0 Å². The monoisotopic (exact) mass is 440 g/mol. The topological polar surface area (TPSA) is 95.2 Å². The molecule has 0 aliphatic rings. The van der Waals surface area contributed by atoms with Crippen LogP contribution in [-0.4, -0.2) is 41.7 Å². The molecule has 1 heterocycles. The third-order valence-electron chi connectivity index (χ3n) is 5.24. The summed E-state index contributed by atoms with van der Waals surface area (Å²) in [7, 11) is -2.05. The maximum Gasteiger partial charge on any atom is 0.251 e. The summed E-state index contributed by atoms with van der Waals surface area (Å²) in [6.45, 7) is 5.58. The quantitative estimate of drug-likeness (QED) is 0.554. The number of carbonyl (C=O) groups is 1. The minimum atomic E-state index is -3.59. The van der Waals surface area contributed by atoms with Crippen LogP contribution in [-0.2, 0) is 10.0 Å². The summed E-state index contributed by atoms with van der Waals surface area (Å²) in [6, 6.07) is 15.4.